The molecule has 0 aliphatic heterocycles. The van der Waals surface area contributed by atoms with Gasteiger partial charge in [0.2, 0.25) is 0 Å². The van der Waals surface area contributed by atoms with Crippen molar-refractivity contribution in [3.05, 3.63) is 84.9 Å². The van der Waals surface area contributed by atoms with Crippen LogP contribution in [-0.4, -0.2) is 4.98 Å². The molecule has 0 bridgehead atoms. The third kappa shape index (κ3) is 1.72. The fraction of sp³-hybridized carbons (Fsp3) is 0. The van der Waals surface area contributed by atoms with Gasteiger partial charge in [0, 0.05) is 32.6 Å². The summed E-state index contributed by atoms with van der Waals surface area (Å²) in [7, 11) is 0. The summed E-state index contributed by atoms with van der Waals surface area (Å²) in [5.41, 5.74) is 4.19. The standard InChI is InChI=1S/C26H15NO/c1-3-7-17-15(5-1)9-11-21-25(17)19-14-24-20(13-22(19)27-21)26-18-8-4-2-6-16(18)10-12-23(26)28-24/h1-14,27H. The number of furan rings is 1. The van der Waals surface area contributed by atoms with Crippen molar-refractivity contribution in [2.45, 2.75) is 0 Å². The minimum Gasteiger partial charge on any atom is -0.456 e. The molecule has 2 nitrogen and oxygen atoms in total. The average Bonchev–Trinajstić information content (AvgIpc) is 3.29. The average molecular weight is 357 g/mol. The van der Waals surface area contributed by atoms with Crippen LogP contribution in [0.4, 0.5) is 0 Å². The molecule has 2 heteroatoms. The Hall–Kier alpha value is -3.78. The topological polar surface area (TPSA) is 28.9 Å². The number of rotatable bonds is 0. The maximum absolute atomic E-state index is 6.29. The van der Waals surface area contributed by atoms with Gasteiger partial charge in [-0.15, -0.1) is 0 Å². The van der Waals surface area contributed by atoms with Crippen LogP contribution in [0.5, 0.6) is 0 Å². The van der Waals surface area contributed by atoms with Crippen molar-refractivity contribution in [2.75, 3.05) is 0 Å². The Morgan fingerprint density at radius 3 is 2.04 bits per heavy atom. The van der Waals surface area contributed by atoms with Gasteiger partial charge in [-0.25, -0.2) is 0 Å². The predicted octanol–water partition coefficient (Wildman–Crippen LogP) is 7.53. The van der Waals surface area contributed by atoms with E-state index in [1.54, 1.807) is 0 Å². The predicted molar refractivity (Wildman–Crippen MR) is 118 cm³/mol. The van der Waals surface area contributed by atoms with E-state index in [1.165, 1.54) is 37.7 Å². The fourth-order valence-corrected chi connectivity index (χ4v) is 4.71. The van der Waals surface area contributed by atoms with E-state index in [0.29, 0.717) is 0 Å². The second-order valence-corrected chi connectivity index (χ2v) is 7.49. The van der Waals surface area contributed by atoms with Crippen LogP contribution in [0.3, 0.4) is 0 Å². The molecule has 0 spiro atoms. The first-order valence-electron chi connectivity index (χ1n) is 9.54. The SMILES string of the molecule is c1ccc2c(c1)ccc1[nH]c3cc4c(cc3c12)oc1ccc2ccccc2c14. The zero-order valence-corrected chi connectivity index (χ0v) is 15.0. The first-order valence-corrected chi connectivity index (χ1v) is 9.54. The largest absolute Gasteiger partial charge is 0.456 e. The van der Waals surface area contributed by atoms with Crippen LogP contribution < -0.4 is 0 Å². The molecule has 130 valence electrons. The van der Waals surface area contributed by atoms with Crippen molar-refractivity contribution in [2.24, 2.45) is 0 Å². The summed E-state index contributed by atoms with van der Waals surface area (Å²) in [5.74, 6) is 0. The third-order valence-corrected chi connectivity index (χ3v) is 5.97. The molecular formula is C26H15NO. The highest BCUT2D eigenvalue weighted by atomic mass is 16.3. The molecule has 0 aliphatic carbocycles. The van der Waals surface area contributed by atoms with Crippen molar-refractivity contribution >= 4 is 65.3 Å². The molecule has 0 fully saturated rings. The van der Waals surface area contributed by atoms with E-state index < -0.39 is 0 Å². The highest BCUT2D eigenvalue weighted by molar-refractivity contribution is 6.25. The highest BCUT2D eigenvalue weighted by Crippen LogP contribution is 2.39. The van der Waals surface area contributed by atoms with Crippen molar-refractivity contribution < 1.29 is 4.42 Å². The van der Waals surface area contributed by atoms with E-state index in [0.717, 1.165) is 27.6 Å². The molecule has 1 N–H and O–H groups in total. The molecular weight excluding hydrogens is 342 g/mol. The van der Waals surface area contributed by atoms with E-state index in [-0.39, 0.29) is 0 Å². The molecule has 2 aromatic heterocycles. The van der Waals surface area contributed by atoms with Crippen LogP contribution >= 0.6 is 0 Å². The summed E-state index contributed by atoms with van der Waals surface area (Å²) in [6, 6.07) is 30.1. The smallest absolute Gasteiger partial charge is 0.136 e. The zero-order valence-electron chi connectivity index (χ0n) is 15.0. The lowest BCUT2D eigenvalue weighted by Crippen LogP contribution is -1.74. The van der Waals surface area contributed by atoms with Crippen LogP contribution in [0.1, 0.15) is 0 Å². The van der Waals surface area contributed by atoms with Crippen molar-refractivity contribution in [3.63, 3.8) is 0 Å². The third-order valence-electron chi connectivity index (χ3n) is 5.97. The Bertz CT molecular complexity index is 1590. The molecule has 0 unspecified atom stereocenters. The van der Waals surface area contributed by atoms with Gasteiger partial charge in [0.1, 0.15) is 11.2 Å². The van der Waals surface area contributed by atoms with Gasteiger partial charge in [-0.1, -0.05) is 60.7 Å². The highest BCUT2D eigenvalue weighted by Gasteiger charge is 2.14. The van der Waals surface area contributed by atoms with E-state index in [2.05, 4.69) is 89.9 Å². The molecule has 0 radical (unpaired) electrons. The summed E-state index contributed by atoms with van der Waals surface area (Å²) in [5, 5.41) is 9.83. The number of H-pyrrole nitrogens is 1. The molecule has 28 heavy (non-hydrogen) atoms. The van der Waals surface area contributed by atoms with E-state index in [4.69, 9.17) is 4.42 Å². The lowest BCUT2D eigenvalue weighted by atomic mass is 10.0. The summed E-state index contributed by atoms with van der Waals surface area (Å²) >= 11 is 0. The van der Waals surface area contributed by atoms with Crippen LogP contribution in [-0.2, 0) is 0 Å². The number of benzene rings is 5. The normalized spacial score (nSPS) is 12.3. The molecule has 7 aromatic rings. The van der Waals surface area contributed by atoms with Gasteiger partial charge in [-0.05, 0) is 45.8 Å². The lowest BCUT2D eigenvalue weighted by molar-refractivity contribution is 0.670. The molecule has 0 saturated heterocycles. The van der Waals surface area contributed by atoms with Crippen LogP contribution in [0.2, 0.25) is 0 Å². The Morgan fingerprint density at radius 1 is 0.500 bits per heavy atom. The maximum Gasteiger partial charge on any atom is 0.136 e. The molecule has 7 rings (SSSR count). The summed E-state index contributed by atoms with van der Waals surface area (Å²) in [6.07, 6.45) is 0. The summed E-state index contributed by atoms with van der Waals surface area (Å²) < 4.78 is 6.29. The van der Waals surface area contributed by atoms with Crippen LogP contribution in [0.25, 0.3) is 65.3 Å². The maximum atomic E-state index is 6.29. The van der Waals surface area contributed by atoms with Gasteiger partial charge < -0.3 is 9.40 Å². The van der Waals surface area contributed by atoms with Gasteiger partial charge in [-0.3, -0.25) is 0 Å². The van der Waals surface area contributed by atoms with Crippen LogP contribution in [0, 0.1) is 0 Å². The van der Waals surface area contributed by atoms with Crippen molar-refractivity contribution in [1.29, 1.82) is 0 Å². The second kappa shape index (κ2) is 4.93. The summed E-state index contributed by atoms with van der Waals surface area (Å²) in [4.78, 5) is 3.62. The molecule has 0 saturated carbocycles. The van der Waals surface area contributed by atoms with Crippen LogP contribution in [0.15, 0.2) is 89.3 Å². The van der Waals surface area contributed by atoms with E-state index >= 15 is 0 Å². The number of aromatic nitrogens is 1. The minimum atomic E-state index is 0.938. The number of nitrogens with one attached hydrogen (secondary N) is 1. The first-order chi connectivity index (χ1) is 13.9. The lowest BCUT2D eigenvalue weighted by Gasteiger charge is -2.00. The first kappa shape index (κ1) is 14.3. The van der Waals surface area contributed by atoms with Crippen molar-refractivity contribution in [1.82, 2.24) is 4.98 Å². The Labute approximate surface area is 160 Å². The molecule has 2 heterocycles. The molecule has 5 aromatic carbocycles. The number of hydrogen-bond acceptors (Lipinski definition) is 1. The van der Waals surface area contributed by atoms with Crippen molar-refractivity contribution in [3.8, 4) is 0 Å². The van der Waals surface area contributed by atoms with Gasteiger partial charge >= 0.3 is 0 Å². The van der Waals surface area contributed by atoms with Gasteiger partial charge in [0.25, 0.3) is 0 Å². The van der Waals surface area contributed by atoms with E-state index in [1.807, 2.05) is 0 Å². The molecule has 0 aliphatic rings. The fourth-order valence-electron chi connectivity index (χ4n) is 4.71. The molecule has 0 atom stereocenters. The number of hydrogen-bond donors (Lipinski definition) is 1. The number of fused-ring (bicyclic) bond motifs is 10. The Balaban J connectivity index is 1.71. The zero-order chi connectivity index (χ0) is 18.2. The van der Waals surface area contributed by atoms with Gasteiger partial charge in [0.05, 0.1) is 0 Å². The minimum absolute atomic E-state index is 0.938. The number of aromatic amines is 1. The monoisotopic (exact) mass is 357 g/mol. The Kier molecular flexibility index (Phi) is 2.52. The van der Waals surface area contributed by atoms with Gasteiger partial charge in [-0.2, -0.15) is 0 Å². The Morgan fingerprint density at radius 2 is 1.21 bits per heavy atom. The second-order valence-electron chi connectivity index (χ2n) is 7.49. The summed E-state index contributed by atoms with van der Waals surface area (Å²) in [6.45, 7) is 0. The molecule has 0 amide bonds. The van der Waals surface area contributed by atoms with Gasteiger partial charge in [0.15, 0.2) is 0 Å². The van der Waals surface area contributed by atoms with E-state index in [9.17, 15) is 0 Å². The quantitative estimate of drug-likeness (QED) is 0.299.